The van der Waals surface area contributed by atoms with Gasteiger partial charge in [0.25, 0.3) is 0 Å². The van der Waals surface area contributed by atoms with E-state index in [1.807, 2.05) is 61.8 Å². The van der Waals surface area contributed by atoms with Gasteiger partial charge in [-0.05, 0) is 48.1 Å². The van der Waals surface area contributed by atoms with Gasteiger partial charge >= 0.3 is 5.97 Å². The van der Waals surface area contributed by atoms with Gasteiger partial charge in [0.15, 0.2) is 5.82 Å². The molecule has 0 aliphatic carbocycles. The fourth-order valence-corrected chi connectivity index (χ4v) is 4.10. The van der Waals surface area contributed by atoms with E-state index in [0.717, 1.165) is 41.8 Å². The number of esters is 1. The maximum absolute atomic E-state index is 12.2. The normalized spacial score (nSPS) is 11.6. The van der Waals surface area contributed by atoms with E-state index in [-0.39, 0.29) is 0 Å². The van der Waals surface area contributed by atoms with Gasteiger partial charge in [-0.2, -0.15) is 5.26 Å². The van der Waals surface area contributed by atoms with Gasteiger partial charge in [0.05, 0.1) is 6.07 Å². The smallest absolute Gasteiger partial charge is 0.328 e. The molecule has 36 heavy (non-hydrogen) atoms. The van der Waals surface area contributed by atoms with E-state index in [1.165, 1.54) is 44.1 Å². The van der Waals surface area contributed by atoms with Gasteiger partial charge in [-0.15, -0.1) is 0 Å². The quantitative estimate of drug-likeness (QED) is 0.132. The van der Waals surface area contributed by atoms with Crippen LogP contribution in [0.2, 0.25) is 0 Å². The monoisotopic (exact) mass is 483 g/mol. The van der Waals surface area contributed by atoms with Crippen molar-refractivity contribution in [2.75, 3.05) is 0 Å². The molecule has 1 heterocycles. The van der Waals surface area contributed by atoms with Crippen LogP contribution in [0.3, 0.4) is 0 Å². The number of hydrogen-bond acceptors (Lipinski definition) is 5. The predicted molar refractivity (Wildman–Crippen MR) is 144 cm³/mol. The molecule has 0 aliphatic heterocycles. The molecule has 0 N–H and O–H groups in total. The Morgan fingerprint density at radius 3 is 1.97 bits per heavy atom. The third-order valence-electron chi connectivity index (χ3n) is 6.36. The average molecular weight is 484 g/mol. The van der Waals surface area contributed by atoms with Crippen molar-refractivity contribution >= 4 is 5.97 Å². The van der Waals surface area contributed by atoms with Gasteiger partial charge < -0.3 is 4.74 Å². The molecule has 2 aromatic carbocycles. The summed E-state index contributed by atoms with van der Waals surface area (Å²) in [5.74, 6) is -0.0257. The van der Waals surface area contributed by atoms with Crippen molar-refractivity contribution in [3.05, 3.63) is 66.5 Å². The van der Waals surface area contributed by atoms with Crippen LogP contribution in [0.1, 0.15) is 77.2 Å². The first-order valence-corrected chi connectivity index (χ1v) is 13.3. The highest BCUT2D eigenvalue weighted by molar-refractivity contribution is 5.78. The number of nitriles is 1. The van der Waals surface area contributed by atoms with Crippen LogP contribution < -0.4 is 4.74 Å². The highest BCUT2D eigenvalue weighted by Crippen LogP contribution is 2.26. The number of ether oxygens (including phenoxy) is 1. The number of hydrogen-bond donors (Lipinski definition) is 0. The lowest BCUT2D eigenvalue weighted by atomic mass is 10.0. The van der Waals surface area contributed by atoms with Crippen molar-refractivity contribution < 1.29 is 9.53 Å². The lowest BCUT2D eigenvalue weighted by Gasteiger charge is -2.10. The van der Waals surface area contributed by atoms with Crippen LogP contribution in [-0.2, 0) is 11.2 Å². The first kappa shape index (κ1) is 27.1. The molecule has 0 amide bonds. The second-order valence-corrected chi connectivity index (χ2v) is 9.28. The van der Waals surface area contributed by atoms with Gasteiger partial charge in [0, 0.05) is 18.0 Å². The third kappa shape index (κ3) is 8.30. The predicted octanol–water partition coefficient (Wildman–Crippen LogP) is 7.95. The molecule has 3 aromatic rings. The molecule has 1 aromatic heterocycles. The van der Waals surface area contributed by atoms with Crippen molar-refractivity contribution in [1.82, 2.24) is 9.97 Å². The Labute approximate surface area is 215 Å². The molecule has 5 heteroatoms. The van der Waals surface area contributed by atoms with Gasteiger partial charge in [-0.1, -0.05) is 95.2 Å². The summed E-state index contributed by atoms with van der Waals surface area (Å²) >= 11 is 0. The zero-order valence-electron chi connectivity index (χ0n) is 21.6. The molecule has 1 atom stereocenters. The number of nitrogens with zero attached hydrogens (tertiary/aromatic N) is 3. The molecule has 0 fully saturated rings. The number of aryl methyl sites for hydroxylation is 1. The standard InChI is InChI=1S/C31H37N3O2/c1-3-5-7-8-9-10-11-24-22-33-30(34-23-24)27-15-13-25(14-16-27)26-17-19-29(20-18-26)36-31(35)28(21-32)12-6-4-2/h13-20,22-23,28H,3-12H2,1-2H3. The van der Waals surface area contributed by atoms with Crippen LogP contribution in [0.25, 0.3) is 22.5 Å². The summed E-state index contributed by atoms with van der Waals surface area (Å²) < 4.78 is 5.41. The van der Waals surface area contributed by atoms with Crippen molar-refractivity contribution in [2.24, 2.45) is 5.92 Å². The Hall–Kier alpha value is -3.52. The van der Waals surface area contributed by atoms with Gasteiger partial charge in [0.1, 0.15) is 11.7 Å². The molecule has 5 nitrogen and oxygen atoms in total. The van der Waals surface area contributed by atoms with Crippen molar-refractivity contribution in [3.8, 4) is 34.3 Å². The molecule has 188 valence electrons. The number of carbonyl (C=O) groups excluding carboxylic acids is 1. The maximum Gasteiger partial charge on any atom is 0.328 e. The highest BCUT2D eigenvalue weighted by atomic mass is 16.5. The average Bonchev–Trinajstić information content (AvgIpc) is 2.92. The summed E-state index contributed by atoms with van der Waals surface area (Å²) in [6.45, 7) is 4.28. The minimum atomic E-state index is -0.719. The fourth-order valence-electron chi connectivity index (χ4n) is 4.10. The molecule has 0 bridgehead atoms. The zero-order chi connectivity index (χ0) is 25.6. The number of benzene rings is 2. The Morgan fingerprint density at radius 2 is 1.36 bits per heavy atom. The van der Waals surface area contributed by atoms with Crippen LogP contribution in [0.5, 0.6) is 5.75 Å². The van der Waals surface area contributed by atoms with E-state index < -0.39 is 11.9 Å². The van der Waals surface area contributed by atoms with E-state index in [1.54, 1.807) is 12.1 Å². The number of unbranched alkanes of at least 4 members (excludes halogenated alkanes) is 6. The number of carbonyl (C=O) groups is 1. The molecular formula is C31H37N3O2. The van der Waals surface area contributed by atoms with Crippen molar-refractivity contribution in [2.45, 2.75) is 78.1 Å². The molecular weight excluding hydrogens is 446 g/mol. The molecule has 0 saturated heterocycles. The molecule has 0 radical (unpaired) electrons. The summed E-state index contributed by atoms with van der Waals surface area (Å²) in [5.41, 5.74) is 4.23. The summed E-state index contributed by atoms with van der Waals surface area (Å²) in [4.78, 5) is 21.4. The fraction of sp³-hybridized carbons (Fsp3) is 0.419. The van der Waals surface area contributed by atoms with Crippen molar-refractivity contribution in [3.63, 3.8) is 0 Å². The Kier molecular flexibility index (Phi) is 11.1. The topological polar surface area (TPSA) is 75.9 Å². The Bertz CT molecular complexity index is 1100. The molecule has 0 spiro atoms. The summed E-state index contributed by atoms with van der Waals surface area (Å²) in [6, 6.07) is 17.5. The van der Waals surface area contributed by atoms with Gasteiger partial charge in [0.2, 0.25) is 0 Å². The third-order valence-corrected chi connectivity index (χ3v) is 6.36. The summed E-state index contributed by atoms with van der Waals surface area (Å²) in [6.07, 6.45) is 14.9. The van der Waals surface area contributed by atoms with Crippen molar-refractivity contribution in [1.29, 1.82) is 5.26 Å². The first-order chi connectivity index (χ1) is 17.6. The largest absolute Gasteiger partial charge is 0.426 e. The van der Waals surface area contributed by atoms with Crippen LogP contribution in [0.4, 0.5) is 0 Å². The number of aromatic nitrogens is 2. The van der Waals surface area contributed by atoms with Gasteiger partial charge in [-0.25, -0.2) is 9.97 Å². The lowest BCUT2D eigenvalue weighted by molar-refractivity contribution is -0.137. The van der Waals surface area contributed by atoms with E-state index >= 15 is 0 Å². The maximum atomic E-state index is 12.2. The van der Waals surface area contributed by atoms with Crippen LogP contribution >= 0.6 is 0 Å². The highest BCUT2D eigenvalue weighted by Gasteiger charge is 2.19. The van der Waals surface area contributed by atoms with E-state index in [4.69, 9.17) is 4.74 Å². The molecule has 3 rings (SSSR count). The van der Waals surface area contributed by atoms with Gasteiger partial charge in [-0.3, -0.25) is 4.79 Å². The molecule has 1 unspecified atom stereocenters. The van der Waals surface area contributed by atoms with Crippen LogP contribution in [0.15, 0.2) is 60.9 Å². The Balaban J connectivity index is 1.54. The molecule has 0 aliphatic rings. The van der Waals surface area contributed by atoms with E-state index in [0.29, 0.717) is 12.2 Å². The SMILES string of the molecule is CCCCCCCCc1cnc(-c2ccc(-c3ccc(OC(=O)C(C#N)CCCC)cc3)cc2)nc1. The zero-order valence-corrected chi connectivity index (χ0v) is 21.6. The second kappa shape index (κ2) is 14.8. The second-order valence-electron chi connectivity index (χ2n) is 9.28. The van der Waals surface area contributed by atoms with Crippen LogP contribution in [0, 0.1) is 17.2 Å². The van der Waals surface area contributed by atoms with E-state index in [2.05, 4.69) is 16.9 Å². The summed E-state index contributed by atoms with van der Waals surface area (Å²) in [5, 5.41) is 9.22. The first-order valence-electron chi connectivity index (χ1n) is 13.3. The van der Waals surface area contributed by atoms with E-state index in [9.17, 15) is 10.1 Å². The lowest BCUT2D eigenvalue weighted by Crippen LogP contribution is -2.19. The minimum absolute atomic E-state index is 0.451. The Morgan fingerprint density at radius 1 is 0.806 bits per heavy atom. The van der Waals surface area contributed by atoms with Crippen LogP contribution in [-0.4, -0.2) is 15.9 Å². The number of rotatable bonds is 14. The summed E-state index contributed by atoms with van der Waals surface area (Å²) in [7, 11) is 0. The molecule has 0 saturated carbocycles. The minimum Gasteiger partial charge on any atom is -0.426 e.